The van der Waals surface area contributed by atoms with Crippen LogP contribution in [0.2, 0.25) is 0 Å². The smallest absolute Gasteiger partial charge is 0.261 e. The summed E-state index contributed by atoms with van der Waals surface area (Å²) in [6, 6.07) is 12.2. The lowest BCUT2D eigenvalue weighted by atomic mass is 9.91. The zero-order valence-electron chi connectivity index (χ0n) is 19.7. The van der Waals surface area contributed by atoms with Gasteiger partial charge in [-0.15, -0.1) is 0 Å². The van der Waals surface area contributed by atoms with Gasteiger partial charge in [-0.2, -0.15) is 0 Å². The Morgan fingerprint density at radius 3 is 2.24 bits per heavy atom. The number of hydrogen-bond donors (Lipinski definition) is 1. The van der Waals surface area contributed by atoms with Crippen molar-refractivity contribution in [2.75, 3.05) is 44.2 Å². The van der Waals surface area contributed by atoms with Gasteiger partial charge in [0.25, 0.3) is 11.5 Å². The second-order valence-electron chi connectivity index (χ2n) is 9.32. The van der Waals surface area contributed by atoms with Crippen molar-refractivity contribution in [3.63, 3.8) is 0 Å². The molecule has 33 heavy (non-hydrogen) atoms. The molecule has 2 aliphatic heterocycles. The third kappa shape index (κ3) is 5.46. The molecule has 1 N–H and O–H groups in total. The number of H-pyrrole nitrogens is 1. The highest BCUT2D eigenvalue weighted by molar-refractivity contribution is 5.95. The molecule has 2 fully saturated rings. The number of benzene rings is 1. The van der Waals surface area contributed by atoms with E-state index in [1.165, 1.54) is 5.69 Å². The molecule has 4 rings (SSSR count). The summed E-state index contributed by atoms with van der Waals surface area (Å²) in [6.07, 6.45) is 3.19. The molecule has 0 aliphatic carbocycles. The summed E-state index contributed by atoms with van der Waals surface area (Å²) in [5.41, 5.74) is 2.65. The first-order valence-electron chi connectivity index (χ1n) is 12.0. The summed E-state index contributed by atoms with van der Waals surface area (Å²) in [5.74, 6) is 0.503. The minimum absolute atomic E-state index is 0.181. The lowest BCUT2D eigenvalue weighted by Crippen LogP contribution is -2.48. The molecule has 0 bridgehead atoms. The lowest BCUT2D eigenvalue weighted by Gasteiger charge is -2.36. The van der Waals surface area contributed by atoms with E-state index in [4.69, 9.17) is 0 Å². The molecule has 0 spiro atoms. The number of carbonyl (C=O) groups is 2. The molecule has 2 saturated heterocycles. The molecule has 7 heteroatoms. The second-order valence-corrected chi connectivity index (χ2v) is 9.32. The third-order valence-electron chi connectivity index (χ3n) is 7.00. The van der Waals surface area contributed by atoms with Crippen LogP contribution in [-0.4, -0.2) is 65.9 Å². The van der Waals surface area contributed by atoms with Crippen LogP contribution in [0.1, 0.15) is 47.3 Å². The standard InChI is InChI=1S/C26H34N4O3/c1-19-18-20(2)27-25(32)24(19)26(33)30-12-10-21(11-13-30)8-9-23(31)29-16-14-28(15-17-29)22-6-4-3-5-7-22/h3-7,18,21H,8-17H2,1-2H3,(H,27,32). The van der Waals surface area contributed by atoms with Gasteiger partial charge in [0, 0.05) is 57.1 Å². The Morgan fingerprint density at radius 2 is 1.61 bits per heavy atom. The van der Waals surface area contributed by atoms with Crippen LogP contribution in [0.25, 0.3) is 0 Å². The number of likely N-dealkylation sites (tertiary alicyclic amines) is 1. The predicted octanol–water partition coefficient (Wildman–Crippen LogP) is 2.97. The first-order valence-corrected chi connectivity index (χ1v) is 12.0. The predicted molar refractivity (Wildman–Crippen MR) is 130 cm³/mol. The van der Waals surface area contributed by atoms with Gasteiger partial charge in [0.15, 0.2) is 0 Å². The Kier molecular flexibility index (Phi) is 7.16. The van der Waals surface area contributed by atoms with E-state index in [-0.39, 0.29) is 22.9 Å². The summed E-state index contributed by atoms with van der Waals surface area (Å²) >= 11 is 0. The highest BCUT2D eigenvalue weighted by atomic mass is 16.2. The van der Waals surface area contributed by atoms with Crippen molar-refractivity contribution in [3.8, 4) is 0 Å². The van der Waals surface area contributed by atoms with Gasteiger partial charge in [0.1, 0.15) is 5.56 Å². The van der Waals surface area contributed by atoms with E-state index < -0.39 is 0 Å². The fourth-order valence-corrected chi connectivity index (χ4v) is 5.04. The van der Waals surface area contributed by atoms with Crippen LogP contribution >= 0.6 is 0 Å². The number of aryl methyl sites for hydroxylation is 2. The molecule has 2 aliphatic rings. The summed E-state index contributed by atoms with van der Waals surface area (Å²) in [7, 11) is 0. The first kappa shape index (κ1) is 23.1. The molecule has 1 aromatic carbocycles. The number of aromatic amines is 1. The fraction of sp³-hybridized carbons (Fsp3) is 0.500. The fourth-order valence-electron chi connectivity index (χ4n) is 5.04. The van der Waals surface area contributed by atoms with E-state index in [2.05, 4.69) is 22.0 Å². The number of anilines is 1. The normalized spacial score (nSPS) is 17.3. The van der Waals surface area contributed by atoms with Gasteiger partial charge < -0.3 is 19.7 Å². The van der Waals surface area contributed by atoms with Crippen molar-refractivity contribution < 1.29 is 9.59 Å². The van der Waals surface area contributed by atoms with Crippen molar-refractivity contribution >= 4 is 17.5 Å². The van der Waals surface area contributed by atoms with E-state index in [0.717, 1.165) is 56.7 Å². The van der Waals surface area contributed by atoms with Crippen molar-refractivity contribution in [2.24, 2.45) is 5.92 Å². The number of carbonyl (C=O) groups excluding carboxylic acids is 2. The molecular weight excluding hydrogens is 416 g/mol. The number of para-hydroxylation sites is 1. The Hall–Kier alpha value is -3.09. The van der Waals surface area contributed by atoms with Crippen molar-refractivity contribution in [1.29, 1.82) is 0 Å². The molecule has 176 valence electrons. The van der Waals surface area contributed by atoms with Gasteiger partial charge in [-0.25, -0.2) is 0 Å². The number of amides is 2. The van der Waals surface area contributed by atoms with Crippen molar-refractivity contribution in [3.05, 3.63) is 63.6 Å². The minimum atomic E-state index is -0.308. The summed E-state index contributed by atoms with van der Waals surface area (Å²) in [4.78, 5) is 46.8. The summed E-state index contributed by atoms with van der Waals surface area (Å²) in [6.45, 7) is 8.18. The minimum Gasteiger partial charge on any atom is -0.368 e. The van der Waals surface area contributed by atoms with Gasteiger partial charge >= 0.3 is 0 Å². The Bertz CT molecular complexity index is 1030. The zero-order chi connectivity index (χ0) is 23.4. The number of piperazine rings is 1. The number of aromatic nitrogens is 1. The molecule has 2 aromatic rings. The molecule has 1 aromatic heterocycles. The topological polar surface area (TPSA) is 76.7 Å². The van der Waals surface area contributed by atoms with E-state index in [0.29, 0.717) is 25.4 Å². The van der Waals surface area contributed by atoms with Gasteiger partial charge in [-0.3, -0.25) is 14.4 Å². The zero-order valence-corrected chi connectivity index (χ0v) is 19.7. The molecule has 0 saturated carbocycles. The van der Waals surface area contributed by atoms with Gasteiger partial charge in [0.2, 0.25) is 5.91 Å². The van der Waals surface area contributed by atoms with Crippen LogP contribution in [-0.2, 0) is 4.79 Å². The highest BCUT2D eigenvalue weighted by Gasteiger charge is 2.27. The monoisotopic (exact) mass is 450 g/mol. The average molecular weight is 451 g/mol. The van der Waals surface area contributed by atoms with Crippen LogP contribution in [0.15, 0.2) is 41.2 Å². The first-order chi connectivity index (χ1) is 15.9. The van der Waals surface area contributed by atoms with Gasteiger partial charge in [-0.1, -0.05) is 18.2 Å². The van der Waals surface area contributed by atoms with E-state index in [1.807, 2.05) is 43.0 Å². The maximum absolute atomic E-state index is 12.9. The number of pyridine rings is 1. The SMILES string of the molecule is Cc1cc(C)c(C(=O)N2CCC(CCC(=O)N3CCN(c4ccccc4)CC3)CC2)c(=O)[nH]1. The molecule has 0 atom stereocenters. The van der Waals surface area contributed by atoms with Crippen LogP contribution in [0.5, 0.6) is 0 Å². The lowest BCUT2D eigenvalue weighted by molar-refractivity contribution is -0.131. The molecular formula is C26H34N4O3. The van der Waals surface area contributed by atoms with Gasteiger partial charge in [-0.05, 0) is 62.8 Å². The number of hydrogen-bond acceptors (Lipinski definition) is 4. The molecule has 7 nitrogen and oxygen atoms in total. The Balaban J connectivity index is 1.21. The van der Waals surface area contributed by atoms with Crippen molar-refractivity contribution in [2.45, 2.75) is 39.5 Å². The largest absolute Gasteiger partial charge is 0.368 e. The maximum Gasteiger partial charge on any atom is 0.261 e. The van der Waals surface area contributed by atoms with Crippen molar-refractivity contribution in [1.82, 2.24) is 14.8 Å². The number of nitrogens with zero attached hydrogens (tertiary/aromatic N) is 3. The van der Waals surface area contributed by atoms with Crippen LogP contribution < -0.4 is 10.5 Å². The van der Waals surface area contributed by atoms with Crippen LogP contribution in [0.3, 0.4) is 0 Å². The molecule has 0 radical (unpaired) electrons. The molecule has 0 unspecified atom stereocenters. The Morgan fingerprint density at radius 1 is 0.939 bits per heavy atom. The second kappa shape index (κ2) is 10.2. The number of rotatable bonds is 5. The van der Waals surface area contributed by atoms with Crippen LogP contribution in [0, 0.1) is 19.8 Å². The number of nitrogens with one attached hydrogen (secondary N) is 1. The summed E-state index contributed by atoms with van der Waals surface area (Å²) < 4.78 is 0. The van der Waals surface area contributed by atoms with Gasteiger partial charge in [0.05, 0.1) is 0 Å². The molecule has 3 heterocycles. The Labute approximate surface area is 195 Å². The van der Waals surface area contributed by atoms with E-state index in [9.17, 15) is 14.4 Å². The number of piperidine rings is 1. The van der Waals surface area contributed by atoms with Crippen LogP contribution in [0.4, 0.5) is 5.69 Å². The maximum atomic E-state index is 12.9. The average Bonchev–Trinajstić information content (AvgIpc) is 2.83. The van der Waals surface area contributed by atoms with E-state index in [1.54, 1.807) is 4.90 Å². The quantitative estimate of drug-likeness (QED) is 0.760. The highest BCUT2D eigenvalue weighted by Crippen LogP contribution is 2.24. The van der Waals surface area contributed by atoms with E-state index >= 15 is 0 Å². The molecule has 2 amide bonds. The third-order valence-corrected chi connectivity index (χ3v) is 7.00. The summed E-state index contributed by atoms with van der Waals surface area (Å²) in [5, 5.41) is 0.